The van der Waals surface area contributed by atoms with Crippen LogP contribution < -0.4 is 0 Å². The Balaban J connectivity index is 1.54. The van der Waals surface area contributed by atoms with E-state index in [9.17, 15) is 18.8 Å². The maximum Gasteiger partial charge on any atom is 0.409 e. The molecule has 1 aliphatic heterocycles. The Labute approximate surface area is 216 Å². The third-order valence-electron chi connectivity index (χ3n) is 7.75. The number of rotatable bonds is 8. The number of carbonyl (C=O) groups is 1. The molecule has 4 nitrogen and oxygen atoms in total. The van der Waals surface area contributed by atoms with Crippen molar-refractivity contribution in [2.45, 2.75) is 46.0 Å². The molecule has 1 aliphatic carbocycles. The monoisotopic (exact) mass is 512 g/mol. The summed E-state index contributed by atoms with van der Waals surface area (Å²) in [5, 5.41) is 9.52. The second-order valence-electron chi connectivity index (χ2n) is 10.0. The standard InChI is InChI=1S/C29H31ClF2N2O2/c1-3-19(4-2)17-36-28(35)34-10-9-29(18-34)15-25(29)22(13-23-14-24(31)7-8-27(23)32)11-20-5-6-21(16-33)26(30)12-20/h5-8,11-12,14,19,25H,3-4,9-10,13,15,17-18H2,1-2H3/b22-11+/t25?,29-/m0/s1. The normalized spacial score (nSPS) is 21.2. The molecule has 0 radical (unpaired) electrons. The highest BCUT2D eigenvalue weighted by Gasteiger charge is 2.59. The number of amides is 1. The Hall–Kier alpha value is -2.91. The van der Waals surface area contributed by atoms with Gasteiger partial charge in [-0.1, -0.05) is 56.0 Å². The first kappa shape index (κ1) is 26.2. The fourth-order valence-corrected chi connectivity index (χ4v) is 5.51. The van der Waals surface area contributed by atoms with Gasteiger partial charge in [0.25, 0.3) is 0 Å². The van der Waals surface area contributed by atoms with Crippen LogP contribution in [0.3, 0.4) is 0 Å². The molecule has 2 aliphatic rings. The lowest BCUT2D eigenvalue weighted by Crippen LogP contribution is -2.31. The summed E-state index contributed by atoms with van der Waals surface area (Å²) in [4.78, 5) is 14.5. The third kappa shape index (κ3) is 5.73. The zero-order valence-electron chi connectivity index (χ0n) is 20.7. The largest absolute Gasteiger partial charge is 0.449 e. The van der Waals surface area contributed by atoms with Gasteiger partial charge >= 0.3 is 6.09 Å². The minimum Gasteiger partial charge on any atom is -0.449 e. The molecule has 190 valence electrons. The highest BCUT2D eigenvalue weighted by Crippen LogP contribution is 2.62. The maximum atomic E-state index is 14.5. The Bertz CT molecular complexity index is 1200. The van der Waals surface area contributed by atoms with Gasteiger partial charge < -0.3 is 9.64 Å². The molecule has 2 aromatic carbocycles. The van der Waals surface area contributed by atoms with Gasteiger partial charge in [0.15, 0.2) is 0 Å². The van der Waals surface area contributed by atoms with Gasteiger partial charge in [-0.05, 0) is 78.0 Å². The van der Waals surface area contributed by atoms with Gasteiger partial charge in [-0.2, -0.15) is 5.26 Å². The van der Waals surface area contributed by atoms with E-state index in [4.69, 9.17) is 16.3 Å². The predicted molar refractivity (Wildman–Crippen MR) is 136 cm³/mol. The van der Waals surface area contributed by atoms with Crippen molar-refractivity contribution in [2.75, 3.05) is 19.7 Å². The zero-order chi connectivity index (χ0) is 25.9. The number of hydrogen-bond donors (Lipinski definition) is 0. The van der Waals surface area contributed by atoms with Crippen molar-refractivity contribution in [2.24, 2.45) is 17.3 Å². The van der Waals surface area contributed by atoms with Gasteiger partial charge in [0.1, 0.15) is 17.7 Å². The van der Waals surface area contributed by atoms with Crippen molar-refractivity contribution in [3.63, 3.8) is 0 Å². The van der Waals surface area contributed by atoms with E-state index in [1.165, 1.54) is 6.07 Å². The SMILES string of the molecule is CCC(CC)COC(=O)N1CC[C@]2(CC2/C(=C/c2ccc(C#N)c(Cl)c2)Cc2cc(F)ccc2F)C1. The number of allylic oxidation sites excluding steroid dienone is 1. The van der Waals surface area contributed by atoms with Crippen LogP contribution in [0, 0.1) is 40.2 Å². The first-order chi connectivity index (χ1) is 17.3. The van der Waals surface area contributed by atoms with Crippen molar-refractivity contribution < 1.29 is 18.3 Å². The van der Waals surface area contributed by atoms with Gasteiger partial charge in [-0.3, -0.25) is 0 Å². The molecule has 4 rings (SSSR count). The quantitative estimate of drug-likeness (QED) is 0.370. The Morgan fingerprint density at radius 1 is 1.28 bits per heavy atom. The number of nitriles is 1. The van der Waals surface area contributed by atoms with E-state index in [1.807, 2.05) is 6.08 Å². The molecule has 0 N–H and O–H groups in total. The fourth-order valence-electron chi connectivity index (χ4n) is 5.28. The molecule has 1 unspecified atom stereocenters. The Morgan fingerprint density at radius 2 is 2.06 bits per heavy atom. The summed E-state index contributed by atoms with van der Waals surface area (Å²) in [6, 6.07) is 10.7. The topological polar surface area (TPSA) is 53.3 Å². The summed E-state index contributed by atoms with van der Waals surface area (Å²) in [6.45, 7) is 5.84. The Kier molecular flexibility index (Phi) is 8.00. The third-order valence-corrected chi connectivity index (χ3v) is 8.06. The van der Waals surface area contributed by atoms with E-state index in [2.05, 4.69) is 19.9 Å². The summed E-state index contributed by atoms with van der Waals surface area (Å²) in [5.41, 5.74) is 2.36. The van der Waals surface area contributed by atoms with Crippen molar-refractivity contribution in [3.8, 4) is 6.07 Å². The van der Waals surface area contributed by atoms with E-state index in [0.29, 0.717) is 41.8 Å². The smallest absolute Gasteiger partial charge is 0.409 e. The van der Waals surface area contributed by atoms with Crippen LogP contribution in [0.4, 0.5) is 13.6 Å². The first-order valence-electron chi connectivity index (χ1n) is 12.5. The zero-order valence-corrected chi connectivity index (χ0v) is 21.5. The molecule has 2 fully saturated rings. The molecule has 1 amide bonds. The van der Waals surface area contributed by atoms with Gasteiger partial charge in [0.05, 0.1) is 17.2 Å². The number of likely N-dealkylation sites (tertiary alicyclic amines) is 1. The van der Waals surface area contributed by atoms with Crippen molar-refractivity contribution in [1.29, 1.82) is 5.26 Å². The summed E-state index contributed by atoms with van der Waals surface area (Å²) in [5.74, 6) is -0.432. The minimum absolute atomic E-state index is 0.0834. The van der Waals surface area contributed by atoms with E-state index < -0.39 is 11.6 Å². The minimum atomic E-state index is -0.482. The van der Waals surface area contributed by atoms with Crippen molar-refractivity contribution >= 4 is 23.8 Å². The van der Waals surface area contributed by atoms with E-state index >= 15 is 0 Å². The van der Waals surface area contributed by atoms with Crippen LogP contribution >= 0.6 is 11.6 Å². The number of nitrogens with zero attached hydrogens (tertiary/aromatic N) is 2. The highest BCUT2D eigenvalue weighted by atomic mass is 35.5. The Morgan fingerprint density at radius 3 is 2.75 bits per heavy atom. The molecule has 2 aromatic rings. The van der Waals surface area contributed by atoms with E-state index in [-0.39, 0.29) is 23.8 Å². The van der Waals surface area contributed by atoms with Crippen LogP contribution in [0.1, 0.15) is 56.2 Å². The molecular weight excluding hydrogens is 482 g/mol. The first-order valence-corrected chi connectivity index (χ1v) is 12.9. The molecule has 1 saturated heterocycles. The van der Waals surface area contributed by atoms with Gasteiger partial charge in [-0.15, -0.1) is 0 Å². The van der Waals surface area contributed by atoms with Crippen molar-refractivity contribution in [1.82, 2.24) is 4.90 Å². The lowest BCUT2D eigenvalue weighted by molar-refractivity contribution is 0.0913. The molecular formula is C29H31ClF2N2O2. The maximum absolute atomic E-state index is 14.5. The van der Waals surface area contributed by atoms with Gasteiger partial charge in [0.2, 0.25) is 0 Å². The highest BCUT2D eigenvalue weighted by molar-refractivity contribution is 6.31. The predicted octanol–water partition coefficient (Wildman–Crippen LogP) is 7.40. The number of ether oxygens (including phenoxy) is 1. The summed E-state index contributed by atoms with van der Waals surface area (Å²) in [7, 11) is 0. The fraction of sp³-hybridized carbons (Fsp3) is 0.448. The molecule has 1 spiro atoms. The number of hydrogen-bond acceptors (Lipinski definition) is 3. The summed E-state index contributed by atoms with van der Waals surface area (Å²) < 4.78 is 34.0. The molecule has 0 bridgehead atoms. The summed E-state index contributed by atoms with van der Waals surface area (Å²) in [6.07, 6.45) is 5.60. The lowest BCUT2D eigenvalue weighted by atomic mass is 9.92. The number of benzene rings is 2. The summed E-state index contributed by atoms with van der Waals surface area (Å²) >= 11 is 6.24. The van der Waals surface area contributed by atoms with Crippen LogP contribution in [-0.2, 0) is 11.2 Å². The second-order valence-corrected chi connectivity index (χ2v) is 10.4. The molecule has 1 heterocycles. The average Bonchev–Trinajstić information content (AvgIpc) is 3.40. The molecule has 0 aromatic heterocycles. The molecule has 36 heavy (non-hydrogen) atoms. The van der Waals surface area contributed by atoms with Crippen LogP contribution in [-0.4, -0.2) is 30.7 Å². The van der Waals surface area contributed by atoms with Crippen molar-refractivity contribution in [3.05, 3.63) is 75.3 Å². The molecule has 7 heteroatoms. The van der Waals surface area contributed by atoms with Crippen LogP contribution in [0.15, 0.2) is 42.0 Å². The molecule has 1 saturated carbocycles. The second kappa shape index (κ2) is 11.0. The van der Waals surface area contributed by atoms with Gasteiger partial charge in [0, 0.05) is 13.1 Å². The van der Waals surface area contributed by atoms with Gasteiger partial charge in [-0.25, -0.2) is 13.6 Å². The van der Waals surface area contributed by atoms with E-state index in [0.717, 1.165) is 49.0 Å². The number of carbonyl (C=O) groups excluding carboxylic acids is 1. The average molecular weight is 513 g/mol. The van der Waals surface area contributed by atoms with E-state index in [1.54, 1.807) is 23.1 Å². The number of halogens is 3. The van der Waals surface area contributed by atoms with Crippen LogP contribution in [0.2, 0.25) is 5.02 Å². The van der Waals surface area contributed by atoms with Crippen LogP contribution in [0.5, 0.6) is 0 Å². The lowest BCUT2D eigenvalue weighted by Gasteiger charge is -2.19. The van der Waals surface area contributed by atoms with Crippen LogP contribution in [0.25, 0.3) is 6.08 Å². The molecule has 2 atom stereocenters.